The first-order valence-electron chi connectivity index (χ1n) is 6.11. The molecule has 1 nitrogen and oxygen atoms in total. The molecule has 0 aliphatic rings. The summed E-state index contributed by atoms with van der Waals surface area (Å²) in [5.41, 5.74) is 2.49. The van der Waals surface area contributed by atoms with Crippen molar-refractivity contribution in [3.63, 3.8) is 0 Å². The SMILES string of the molecule is Cc1ccc(C=NCC(C)S[Si](C)(C)C)cc1. The number of benzene rings is 1. The van der Waals surface area contributed by atoms with Crippen LogP contribution in [-0.2, 0) is 0 Å². The van der Waals surface area contributed by atoms with E-state index in [1.165, 1.54) is 11.1 Å². The highest BCUT2D eigenvalue weighted by atomic mass is 32.4. The van der Waals surface area contributed by atoms with Gasteiger partial charge in [-0.1, -0.05) is 56.4 Å². The molecule has 0 saturated carbocycles. The summed E-state index contributed by atoms with van der Waals surface area (Å²) < 4.78 is 0. The lowest BCUT2D eigenvalue weighted by Crippen LogP contribution is -2.20. The Hall–Kier alpha value is -0.543. The molecule has 0 radical (unpaired) electrons. The molecule has 0 amide bonds. The number of aliphatic imine (C=N–C) groups is 1. The number of hydrogen-bond acceptors (Lipinski definition) is 2. The predicted octanol–water partition coefficient (Wildman–Crippen LogP) is 4.37. The maximum Gasteiger partial charge on any atom is 0.108 e. The van der Waals surface area contributed by atoms with Gasteiger partial charge in [0, 0.05) is 11.5 Å². The Morgan fingerprint density at radius 1 is 1.24 bits per heavy atom. The van der Waals surface area contributed by atoms with Crippen LogP contribution in [0.1, 0.15) is 18.1 Å². The fraction of sp³-hybridized carbons (Fsp3) is 0.500. The lowest BCUT2D eigenvalue weighted by atomic mass is 10.2. The minimum atomic E-state index is -1.01. The van der Waals surface area contributed by atoms with Crippen molar-refractivity contribution in [1.82, 2.24) is 0 Å². The molecule has 94 valence electrons. The van der Waals surface area contributed by atoms with E-state index in [0.29, 0.717) is 5.25 Å². The summed E-state index contributed by atoms with van der Waals surface area (Å²) in [6, 6.07) is 8.49. The molecule has 1 unspecified atom stereocenters. The van der Waals surface area contributed by atoms with E-state index in [-0.39, 0.29) is 0 Å². The Bertz CT molecular complexity index is 365. The summed E-state index contributed by atoms with van der Waals surface area (Å²) in [5.74, 6) is 0. The van der Waals surface area contributed by atoms with Crippen LogP contribution in [0.4, 0.5) is 0 Å². The van der Waals surface area contributed by atoms with Crippen molar-refractivity contribution in [3.8, 4) is 0 Å². The molecule has 1 rings (SSSR count). The van der Waals surface area contributed by atoms with E-state index in [1.54, 1.807) is 0 Å². The van der Waals surface area contributed by atoms with Crippen LogP contribution >= 0.6 is 11.2 Å². The Morgan fingerprint density at radius 2 is 1.82 bits per heavy atom. The maximum atomic E-state index is 4.53. The van der Waals surface area contributed by atoms with E-state index < -0.39 is 7.22 Å². The lowest BCUT2D eigenvalue weighted by Gasteiger charge is -2.19. The Kier molecular flexibility index (Phi) is 5.47. The molecule has 0 spiro atoms. The van der Waals surface area contributed by atoms with Gasteiger partial charge in [-0.15, -0.1) is 0 Å². The van der Waals surface area contributed by atoms with E-state index in [2.05, 4.69) is 74.0 Å². The van der Waals surface area contributed by atoms with Crippen molar-refractivity contribution >= 4 is 24.6 Å². The minimum Gasteiger partial charge on any atom is -0.291 e. The zero-order valence-corrected chi connectivity index (χ0v) is 13.3. The fourth-order valence-corrected chi connectivity index (χ4v) is 6.81. The van der Waals surface area contributed by atoms with Crippen LogP contribution in [0.5, 0.6) is 0 Å². The van der Waals surface area contributed by atoms with Crippen molar-refractivity contribution in [2.24, 2.45) is 4.99 Å². The molecular formula is C14H23NSSi. The largest absolute Gasteiger partial charge is 0.291 e. The van der Waals surface area contributed by atoms with Gasteiger partial charge in [0.2, 0.25) is 0 Å². The number of aryl methyl sites for hydroxylation is 1. The average Bonchev–Trinajstić information content (AvgIpc) is 2.18. The van der Waals surface area contributed by atoms with Crippen LogP contribution in [0.3, 0.4) is 0 Å². The van der Waals surface area contributed by atoms with E-state index >= 15 is 0 Å². The van der Waals surface area contributed by atoms with Crippen molar-refractivity contribution in [2.45, 2.75) is 38.7 Å². The van der Waals surface area contributed by atoms with E-state index in [9.17, 15) is 0 Å². The third-order valence-electron chi connectivity index (χ3n) is 2.23. The molecule has 0 heterocycles. The summed E-state index contributed by atoms with van der Waals surface area (Å²) in [6.07, 6.45) is 1.99. The van der Waals surface area contributed by atoms with Crippen LogP contribution in [0, 0.1) is 6.92 Å². The Balaban J connectivity index is 2.42. The van der Waals surface area contributed by atoms with Gasteiger partial charge in [0.25, 0.3) is 0 Å². The topological polar surface area (TPSA) is 12.4 Å². The van der Waals surface area contributed by atoms with Crippen molar-refractivity contribution in [3.05, 3.63) is 35.4 Å². The number of hydrogen-bond donors (Lipinski definition) is 0. The molecule has 0 fully saturated rings. The summed E-state index contributed by atoms with van der Waals surface area (Å²) in [7, 11) is -1.01. The zero-order chi connectivity index (χ0) is 12.9. The molecule has 0 aliphatic carbocycles. The predicted molar refractivity (Wildman–Crippen MR) is 84.0 cm³/mol. The second-order valence-electron chi connectivity index (χ2n) is 5.45. The Morgan fingerprint density at radius 3 is 2.35 bits per heavy atom. The molecule has 0 aliphatic heterocycles. The summed E-state index contributed by atoms with van der Waals surface area (Å²) >= 11 is 2.12. The summed E-state index contributed by atoms with van der Waals surface area (Å²) in [5, 5.41) is 0.628. The summed E-state index contributed by atoms with van der Waals surface area (Å²) in [4.78, 5) is 4.53. The quantitative estimate of drug-likeness (QED) is 0.569. The van der Waals surface area contributed by atoms with Gasteiger partial charge in [0.05, 0.1) is 6.54 Å². The van der Waals surface area contributed by atoms with Gasteiger partial charge < -0.3 is 0 Å². The van der Waals surface area contributed by atoms with E-state index in [0.717, 1.165) is 6.54 Å². The first-order valence-corrected chi connectivity index (χ1v) is 11.2. The van der Waals surface area contributed by atoms with E-state index in [1.807, 2.05) is 6.21 Å². The molecule has 0 bridgehead atoms. The normalized spacial score (nSPS) is 14.2. The smallest absolute Gasteiger partial charge is 0.108 e. The lowest BCUT2D eigenvalue weighted by molar-refractivity contribution is 0.961. The third-order valence-corrected chi connectivity index (χ3v) is 6.82. The molecule has 1 aromatic carbocycles. The summed E-state index contributed by atoms with van der Waals surface area (Å²) in [6.45, 7) is 12.5. The molecule has 1 aromatic rings. The zero-order valence-electron chi connectivity index (χ0n) is 11.5. The first-order chi connectivity index (χ1) is 7.87. The van der Waals surface area contributed by atoms with Crippen molar-refractivity contribution in [1.29, 1.82) is 0 Å². The van der Waals surface area contributed by atoms with Crippen molar-refractivity contribution < 1.29 is 0 Å². The molecule has 1 atom stereocenters. The van der Waals surface area contributed by atoms with Crippen molar-refractivity contribution in [2.75, 3.05) is 6.54 Å². The van der Waals surface area contributed by atoms with Gasteiger partial charge in [0.15, 0.2) is 0 Å². The van der Waals surface area contributed by atoms with E-state index in [4.69, 9.17) is 0 Å². The average molecular weight is 265 g/mol. The van der Waals surface area contributed by atoms with Gasteiger partial charge in [-0.3, -0.25) is 4.99 Å². The minimum absolute atomic E-state index is 0.628. The Labute approximate surface area is 110 Å². The highest BCUT2D eigenvalue weighted by Gasteiger charge is 2.17. The number of nitrogens with zero attached hydrogens (tertiary/aromatic N) is 1. The van der Waals surface area contributed by atoms with Crippen LogP contribution in [0.25, 0.3) is 0 Å². The molecule has 0 N–H and O–H groups in total. The highest BCUT2D eigenvalue weighted by molar-refractivity contribution is 8.29. The van der Waals surface area contributed by atoms with Gasteiger partial charge in [-0.2, -0.15) is 11.2 Å². The molecule has 3 heteroatoms. The highest BCUT2D eigenvalue weighted by Crippen LogP contribution is 2.24. The number of rotatable bonds is 5. The monoisotopic (exact) mass is 265 g/mol. The van der Waals surface area contributed by atoms with Gasteiger partial charge in [-0.05, 0) is 12.5 Å². The van der Waals surface area contributed by atoms with Gasteiger partial charge in [-0.25, -0.2) is 0 Å². The molecule has 0 aromatic heterocycles. The first kappa shape index (κ1) is 14.5. The van der Waals surface area contributed by atoms with Crippen LogP contribution < -0.4 is 0 Å². The molecular weight excluding hydrogens is 242 g/mol. The van der Waals surface area contributed by atoms with Crippen LogP contribution in [0.15, 0.2) is 29.3 Å². The molecule has 0 saturated heterocycles. The maximum absolute atomic E-state index is 4.53. The second kappa shape index (κ2) is 6.41. The molecule has 17 heavy (non-hydrogen) atoms. The second-order valence-corrected chi connectivity index (χ2v) is 15.1. The van der Waals surface area contributed by atoms with Crippen LogP contribution in [-0.4, -0.2) is 25.2 Å². The van der Waals surface area contributed by atoms with Crippen LogP contribution in [0.2, 0.25) is 19.6 Å². The van der Waals surface area contributed by atoms with Gasteiger partial charge in [0.1, 0.15) is 7.22 Å². The standard InChI is InChI=1S/C14H23NSSi/c1-12-6-8-14(9-7-12)11-15-10-13(2)16-17(3,4)5/h6-9,11,13H,10H2,1-5H3. The van der Waals surface area contributed by atoms with Gasteiger partial charge >= 0.3 is 0 Å². The third kappa shape index (κ3) is 6.69. The fourth-order valence-electron chi connectivity index (χ4n) is 1.60.